The molecule has 172 valence electrons. The van der Waals surface area contributed by atoms with Crippen molar-refractivity contribution in [3.8, 4) is 0 Å². The number of hydrogen-bond donors (Lipinski definition) is 1. The first-order chi connectivity index (χ1) is 14.9. The average Bonchev–Trinajstić information content (AvgIpc) is 3.01. The Balaban J connectivity index is 2.28. The van der Waals surface area contributed by atoms with Crippen LogP contribution in [-0.2, 0) is 14.3 Å². The van der Waals surface area contributed by atoms with Gasteiger partial charge < -0.3 is 14.8 Å². The Hall–Kier alpha value is -2.93. The van der Waals surface area contributed by atoms with Gasteiger partial charge in [0.15, 0.2) is 0 Å². The van der Waals surface area contributed by atoms with E-state index in [4.69, 9.17) is 9.47 Å². The summed E-state index contributed by atoms with van der Waals surface area (Å²) in [5.41, 5.74) is 2.00. The summed E-state index contributed by atoms with van der Waals surface area (Å²) >= 11 is 1.00. The molecule has 0 saturated carbocycles. The van der Waals surface area contributed by atoms with Crippen LogP contribution in [0.3, 0.4) is 0 Å². The maximum atomic E-state index is 12.6. The number of carbonyl (C=O) groups excluding carboxylic acids is 3. The second kappa shape index (κ2) is 10.6. The average molecular weight is 458 g/mol. The Labute approximate surface area is 193 Å². The van der Waals surface area contributed by atoms with Crippen molar-refractivity contribution in [3.05, 3.63) is 57.5 Å². The molecular formula is C25H31NO5S. The fraction of sp³-hybridized carbons (Fsp3) is 0.400. The molecule has 0 atom stereocenters. The lowest BCUT2D eigenvalue weighted by Crippen LogP contribution is -2.23. The molecule has 2 aromatic rings. The number of esters is 2. The van der Waals surface area contributed by atoms with Crippen LogP contribution in [0.5, 0.6) is 0 Å². The second-order valence-corrected chi connectivity index (χ2v) is 9.65. The fourth-order valence-electron chi connectivity index (χ4n) is 2.89. The van der Waals surface area contributed by atoms with E-state index in [1.54, 1.807) is 40.7 Å². The monoisotopic (exact) mass is 457 g/mol. The quantitative estimate of drug-likeness (QED) is 0.409. The molecule has 6 nitrogen and oxygen atoms in total. The number of anilines is 1. The highest BCUT2D eigenvalue weighted by atomic mass is 32.1. The number of ether oxygens (including phenoxy) is 2. The van der Waals surface area contributed by atoms with Crippen LogP contribution < -0.4 is 5.32 Å². The molecule has 0 aliphatic carbocycles. The van der Waals surface area contributed by atoms with Crippen molar-refractivity contribution < 1.29 is 23.9 Å². The number of amides is 1. The second-order valence-electron chi connectivity index (χ2n) is 8.63. The summed E-state index contributed by atoms with van der Waals surface area (Å²) in [6, 6.07) is 7.94. The van der Waals surface area contributed by atoms with Gasteiger partial charge in [-0.2, -0.15) is 0 Å². The lowest BCUT2D eigenvalue weighted by Gasteiger charge is -2.19. The zero-order valence-corrected chi connectivity index (χ0v) is 20.5. The van der Waals surface area contributed by atoms with E-state index >= 15 is 0 Å². The van der Waals surface area contributed by atoms with Gasteiger partial charge in [-0.3, -0.25) is 4.79 Å². The maximum absolute atomic E-state index is 12.6. The van der Waals surface area contributed by atoms with Gasteiger partial charge in [-0.05, 0) is 63.3 Å². The minimum Gasteiger partial charge on any atom is -0.462 e. The third kappa shape index (κ3) is 6.79. The van der Waals surface area contributed by atoms with Crippen molar-refractivity contribution in [3.63, 3.8) is 0 Å². The van der Waals surface area contributed by atoms with Gasteiger partial charge in [0.05, 0.1) is 12.2 Å². The zero-order chi connectivity index (χ0) is 24.1. The predicted molar refractivity (Wildman–Crippen MR) is 128 cm³/mol. The first kappa shape index (κ1) is 25.3. The number of thiophene rings is 1. The number of carbonyl (C=O) groups is 3. The molecule has 1 N–H and O–H groups in total. The van der Waals surface area contributed by atoms with Gasteiger partial charge in [0, 0.05) is 6.08 Å². The van der Waals surface area contributed by atoms with E-state index in [1.807, 2.05) is 24.3 Å². The molecule has 1 aromatic heterocycles. The van der Waals surface area contributed by atoms with E-state index in [0.717, 1.165) is 16.9 Å². The molecule has 0 fully saturated rings. The maximum Gasteiger partial charge on any atom is 0.349 e. The van der Waals surface area contributed by atoms with E-state index in [9.17, 15) is 14.4 Å². The molecule has 0 saturated heterocycles. The van der Waals surface area contributed by atoms with E-state index in [-0.39, 0.29) is 22.0 Å². The Bertz CT molecular complexity index is 1010. The van der Waals surface area contributed by atoms with Crippen LogP contribution in [0, 0.1) is 6.92 Å². The normalized spacial score (nSPS) is 11.6. The topological polar surface area (TPSA) is 81.7 Å². The van der Waals surface area contributed by atoms with Crippen LogP contribution in [0.1, 0.15) is 84.2 Å². The molecule has 0 aliphatic heterocycles. The summed E-state index contributed by atoms with van der Waals surface area (Å²) in [7, 11) is 0. The van der Waals surface area contributed by atoms with Crippen molar-refractivity contribution in [1.29, 1.82) is 0 Å². The summed E-state index contributed by atoms with van der Waals surface area (Å²) in [6.07, 6.45) is 3.08. The molecule has 0 unspecified atom stereocenters. The Morgan fingerprint density at radius 1 is 1.09 bits per heavy atom. The third-order valence-electron chi connectivity index (χ3n) is 4.48. The Kier molecular flexibility index (Phi) is 8.38. The van der Waals surface area contributed by atoms with Crippen LogP contribution in [0.4, 0.5) is 5.00 Å². The SMILES string of the molecule is CCOC(=O)c1c(NC(=O)C=Cc2ccc(C(C)C)cc2)sc(C(=O)OC(C)(C)C)c1C. The van der Waals surface area contributed by atoms with Gasteiger partial charge in [0.2, 0.25) is 5.91 Å². The minimum atomic E-state index is -0.686. The summed E-state index contributed by atoms with van der Waals surface area (Å²) in [5, 5.41) is 2.97. The summed E-state index contributed by atoms with van der Waals surface area (Å²) < 4.78 is 10.6. The highest BCUT2D eigenvalue weighted by Gasteiger charge is 2.29. The molecule has 0 spiro atoms. The summed E-state index contributed by atoms with van der Waals surface area (Å²) in [4.78, 5) is 37.9. The first-order valence-electron chi connectivity index (χ1n) is 10.6. The lowest BCUT2D eigenvalue weighted by molar-refractivity contribution is -0.111. The van der Waals surface area contributed by atoms with Crippen molar-refractivity contribution >= 4 is 40.3 Å². The third-order valence-corrected chi connectivity index (χ3v) is 5.66. The molecular weight excluding hydrogens is 426 g/mol. The van der Waals surface area contributed by atoms with E-state index in [1.165, 1.54) is 11.6 Å². The van der Waals surface area contributed by atoms with Gasteiger partial charge in [-0.1, -0.05) is 38.1 Å². The van der Waals surface area contributed by atoms with Crippen molar-refractivity contribution in [1.82, 2.24) is 0 Å². The molecule has 2 rings (SSSR count). The Morgan fingerprint density at radius 3 is 2.25 bits per heavy atom. The Morgan fingerprint density at radius 2 is 1.72 bits per heavy atom. The molecule has 7 heteroatoms. The van der Waals surface area contributed by atoms with Crippen LogP contribution in [-0.4, -0.2) is 30.1 Å². The van der Waals surface area contributed by atoms with Crippen molar-refractivity contribution in [2.45, 2.75) is 60.0 Å². The molecule has 0 radical (unpaired) electrons. The molecule has 1 aromatic carbocycles. The summed E-state index contributed by atoms with van der Waals surface area (Å²) in [5.74, 6) is -1.13. The van der Waals surface area contributed by atoms with Gasteiger partial charge in [0.25, 0.3) is 0 Å². The van der Waals surface area contributed by atoms with Crippen molar-refractivity contribution in [2.24, 2.45) is 0 Å². The number of hydrogen-bond acceptors (Lipinski definition) is 6. The van der Waals surface area contributed by atoms with Gasteiger partial charge in [-0.15, -0.1) is 11.3 Å². The highest BCUT2D eigenvalue weighted by molar-refractivity contribution is 7.18. The molecule has 32 heavy (non-hydrogen) atoms. The van der Waals surface area contributed by atoms with Crippen LogP contribution >= 0.6 is 11.3 Å². The van der Waals surface area contributed by atoms with Gasteiger partial charge in [-0.25, -0.2) is 9.59 Å². The summed E-state index contributed by atoms with van der Waals surface area (Å²) in [6.45, 7) is 13.0. The molecule has 1 heterocycles. The molecule has 1 amide bonds. The van der Waals surface area contributed by atoms with E-state index < -0.39 is 23.4 Å². The smallest absolute Gasteiger partial charge is 0.349 e. The standard InChI is InChI=1S/C25H31NO5S/c1-8-30-23(28)20-16(4)21(24(29)31-25(5,6)7)32-22(20)26-19(27)14-11-17-9-12-18(13-10-17)15(2)3/h9-15H,8H2,1-7H3,(H,26,27). The largest absolute Gasteiger partial charge is 0.462 e. The number of rotatable bonds is 7. The number of benzene rings is 1. The van der Waals surface area contributed by atoms with Crippen LogP contribution in [0.25, 0.3) is 6.08 Å². The fourth-order valence-corrected chi connectivity index (χ4v) is 3.96. The van der Waals surface area contributed by atoms with Gasteiger partial charge >= 0.3 is 11.9 Å². The highest BCUT2D eigenvalue weighted by Crippen LogP contribution is 2.35. The van der Waals surface area contributed by atoms with E-state index in [0.29, 0.717) is 11.5 Å². The molecule has 0 bridgehead atoms. The van der Waals surface area contributed by atoms with Crippen LogP contribution in [0.15, 0.2) is 30.3 Å². The minimum absolute atomic E-state index is 0.167. The number of nitrogens with one attached hydrogen (secondary N) is 1. The predicted octanol–water partition coefficient (Wildman–Crippen LogP) is 5.96. The van der Waals surface area contributed by atoms with E-state index in [2.05, 4.69) is 19.2 Å². The van der Waals surface area contributed by atoms with Crippen molar-refractivity contribution in [2.75, 3.05) is 11.9 Å². The lowest BCUT2D eigenvalue weighted by atomic mass is 10.0. The zero-order valence-electron chi connectivity index (χ0n) is 19.7. The molecule has 0 aliphatic rings. The van der Waals surface area contributed by atoms with Crippen LogP contribution in [0.2, 0.25) is 0 Å². The first-order valence-corrected chi connectivity index (χ1v) is 11.4. The van der Waals surface area contributed by atoms with Gasteiger partial charge in [0.1, 0.15) is 15.5 Å².